The van der Waals surface area contributed by atoms with Crippen LogP contribution in [0.4, 0.5) is 0 Å². The van der Waals surface area contributed by atoms with Crippen molar-refractivity contribution in [3.63, 3.8) is 0 Å². The van der Waals surface area contributed by atoms with E-state index >= 15 is 0 Å². The van der Waals surface area contributed by atoms with E-state index in [2.05, 4.69) is 6.58 Å². The number of aliphatic hydroxyl groups excluding tert-OH is 1. The van der Waals surface area contributed by atoms with Crippen LogP contribution < -0.4 is 0 Å². The van der Waals surface area contributed by atoms with E-state index < -0.39 is 18.0 Å². The predicted octanol–water partition coefficient (Wildman–Crippen LogP) is 1.03. The summed E-state index contributed by atoms with van der Waals surface area (Å²) < 4.78 is 0. The van der Waals surface area contributed by atoms with Gasteiger partial charge >= 0.3 is 5.97 Å². The highest BCUT2D eigenvalue weighted by molar-refractivity contribution is 5.71. The minimum absolute atomic E-state index is 0.420. The molecular weight excluding hydrogens is 144 g/mol. The Morgan fingerprint density at radius 3 is 2.18 bits per heavy atom. The summed E-state index contributed by atoms with van der Waals surface area (Å²) in [6.45, 7) is 6.84. The maximum Gasteiger partial charge on any atom is 0.309 e. The molecule has 0 aliphatic carbocycles. The van der Waals surface area contributed by atoms with Crippen LogP contribution >= 0.6 is 0 Å². The summed E-state index contributed by atoms with van der Waals surface area (Å²) in [6.07, 6.45) is -0.499. The molecule has 3 heteroatoms. The lowest BCUT2D eigenvalue weighted by atomic mass is 9.95. The topological polar surface area (TPSA) is 57.5 Å². The van der Waals surface area contributed by atoms with Crippen molar-refractivity contribution in [2.45, 2.75) is 26.4 Å². The number of carboxylic acid groups (broad SMARTS) is 1. The molecule has 0 amide bonds. The Labute approximate surface area is 66.4 Å². The van der Waals surface area contributed by atoms with E-state index in [1.165, 1.54) is 0 Å². The van der Waals surface area contributed by atoms with Gasteiger partial charge in [0, 0.05) is 0 Å². The second kappa shape index (κ2) is 4.13. The first-order valence-electron chi connectivity index (χ1n) is 3.57. The van der Waals surface area contributed by atoms with E-state index in [1.54, 1.807) is 13.8 Å². The lowest BCUT2D eigenvalue weighted by Gasteiger charge is -2.16. The Morgan fingerprint density at radius 1 is 1.64 bits per heavy atom. The Hall–Kier alpha value is -0.830. The number of carboxylic acids is 1. The van der Waals surface area contributed by atoms with Crippen molar-refractivity contribution in [1.29, 1.82) is 0 Å². The molecule has 2 unspecified atom stereocenters. The zero-order chi connectivity index (χ0) is 9.02. The number of hydrogen-bond acceptors (Lipinski definition) is 2. The van der Waals surface area contributed by atoms with Crippen molar-refractivity contribution in [1.82, 2.24) is 0 Å². The van der Waals surface area contributed by atoms with E-state index in [0.717, 1.165) is 0 Å². The van der Waals surface area contributed by atoms with E-state index in [0.29, 0.717) is 12.0 Å². The van der Waals surface area contributed by atoms with Gasteiger partial charge in [0.15, 0.2) is 0 Å². The monoisotopic (exact) mass is 158 g/mol. The standard InChI is InChI=1S/C8H14O3/c1-4-6(8(10)11)7(9)5(2)3/h6-7,9H,2,4H2,1,3H3,(H,10,11). The zero-order valence-electron chi connectivity index (χ0n) is 6.87. The molecule has 0 rings (SSSR count). The van der Waals surface area contributed by atoms with Gasteiger partial charge in [-0.2, -0.15) is 0 Å². The van der Waals surface area contributed by atoms with Gasteiger partial charge in [-0.3, -0.25) is 4.79 Å². The molecule has 0 spiro atoms. The highest BCUT2D eigenvalue weighted by atomic mass is 16.4. The number of hydrogen-bond donors (Lipinski definition) is 2. The molecule has 0 aliphatic rings. The molecule has 64 valence electrons. The minimum atomic E-state index is -0.969. The molecule has 0 heterocycles. The van der Waals surface area contributed by atoms with Crippen LogP contribution in [0.5, 0.6) is 0 Å². The van der Waals surface area contributed by atoms with Crippen LogP contribution in [-0.4, -0.2) is 22.3 Å². The summed E-state index contributed by atoms with van der Waals surface area (Å²) in [5.41, 5.74) is 0.499. The first-order chi connectivity index (χ1) is 5.00. The second-order valence-corrected chi connectivity index (χ2v) is 2.64. The Bertz CT molecular complexity index is 163. The Morgan fingerprint density at radius 2 is 2.09 bits per heavy atom. The van der Waals surface area contributed by atoms with Gasteiger partial charge in [-0.25, -0.2) is 0 Å². The highest BCUT2D eigenvalue weighted by Crippen LogP contribution is 2.14. The first kappa shape index (κ1) is 10.2. The molecule has 0 aromatic carbocycles. The molecule has 0 aromatic heterocycles. The van der Waals surface area contributed by atoms with Crippen LogP contribution in [0.3, 0.4) is 0 Å². The second-order valence-electron chi connectivity index (χ2n) is 2.64. The molecule has 3 nitrogen and oxygen atoms in total. The van der Waals surface area contributed by atoms with E-state index in [-0.39, 0.29) is 0 Å². The molecular formula is C8H14O3. The van der Waals surface area contributed by atoms with Crippen molar-refractivity contribution < 1.29 is 15.0 Å². The van der Waals surface area contributed by atoms with Crippen molar-refractivity contribution in [3.05, 3.63) is 12.2 Å². The smallest absolute Gasteiger partial charge is 0.309 e. The largest absolute Gasteiger partial charge is 0.481 e. The van der Waals surface area contributed by atoms with E-state index in [4.69, 9.17) is 5.11 Å². The van der Waals surface area contributed by atoms with Gasteiger partial charge in [0.2, 0.25) is 0 Å². The zero-order valence-corrected chi connectivity index (χ0v) is 6.87. The lowest BCUT2D eigenvalue weighted by molar-refractivity contribution is -0.144. The minimum Gasteiger partial charge on any atom is -0.481 e. The molecule has 0 saturated heterocycles. The van der Waals surface area contributed by atoms with Crippen molar-refractivity contribution in [2.24, 2.45) is 5.92 Å². The Balaban J connectivity index is 4.25. The maximum atomic E-state index is 10.5. The van der Waals surface area contributed by atoms with Crippen LogP contribution in [0.2, 0.25) is 0 Å². The summed E-state index contributed by atoms with van der Waals surface area (Å²) >= 11 is 0. The number of carbonyl (C=O) groups is 1. The third-order valence-corrected chi connectivity index (χ3v) is 1.64. The van der Waals surface area contributed by atoms with Gasteiger partial charge in [0.05, 0.1) is 12.0 Å². The SMILES string of the molecule is C=C(C)C(O)C(CC)C(=O)O. The van der Waals surface area contributed by atoms with Gasteiger partial charge in [-0.15, -0.1) is 0 Å². The maximum absolute atomic E-state index is 10.5. The first-order valence-corrected chi connectivity index (χ1v) is 3.57. The summed E-state index contributed by atoms with van der Waals surface area (Å²) in [5.74, 6) is -1.68. The van der Waals surface area contributed by atoms with Crippen LogP contribution in [0, 0.1) is 5.92 Å². The molecule has 0 bridgehead atoms. The lowest BCUT2D eigenvalue weighted by Crippen LogP contribution is -2.28. The number of aliphatic hydroxyl groups is 1. The summed E-state index contributed by atoms with van der Waals surface area (Å²) in [5, 5.41) is 17.9. The molecule has 0 aliphatic heterocycles. The molecule has 0 aromatic rings. The van der Waals surface area contributed by atoms with E-state index in [1.807, 2.05) is 0 Å². The number of aliphatic carboxylic acids is 1. The van der Waals surface area contributed by atoms with Crippen molar-refractivity contribution in [3.8, 4) is 0 Å². The predicted molar refractivity (Wildman–Crippen MR) is 42.2 cm³/mol. The molecule has 0 fully saturated rings. The van der Waals surface area contributed by atoms with Crippen LogP contribution in [-0.2, 0) is 4.79 Å². The molecule has 0 saturated carbocycles. The molecule has 2 N–H and O–H groups in total. The fourth-order valence-corrected chi connectivity index (χ4v) is 0.876. The number of rotatable bonds is 4. The fraction of sp³-hybridized carbons (Fsp3) is 0.625. The molecule has 11 heavy (non-hydrogen) atoms. The van der Waals surface area contributed by atoms with Crippen LogP contribution in [0.25, 0.3) is 0 Å². The molecule has 2 atom stereocenters. The van der Waals surface area contributed by atoms with Crippen molar-refractivity contribution in [2.75, 3.05) is 0 Å². The van der Waals surface area contributed by atoms with Gasteiger partial charge in [-0.1, -0.05) is 19.1 Å². The fourth-order valence-electron chi connectivity index (χ4n) is 0.876. The van der Waals surface area contributed by atoms with Gasteiger partial charge in [0.1, 0.15) is 0 Å². The summed E-state index contributed by atoms with van der Waals surface area (Å²) in [7, 11) is 0. The quantitative estimate of drug-likeness (QED) is 0.601. The third-order valence-electron chi connectivity index (χ3n) is 1.64. The van der Waals surface area contributed by atoms with Crippen LogP contribution in [0.1, 0.15) is 20.3 Å². The molecule has 0 radical (unpaired) electrons. The van der Waals surface area contributed by atoms with Crippen LogP contribution in [0.15, 0.2) is 12.2 Å². The summed E-state index contributed by atoms with van der Waals surface area (Å²) in [6, 6.07) is 0. The average molecular weight is 158 g/mol. The third kappa shape index (κ3) is 2.72. The van der Waals surface area contributed by atoms with E-state index in [9.17, 15) is 9.90 Å². The average Bonchev–Trinajstić information content (AvgIpc) is 1.88. The highest BCUT2D eigenvalue weighted by Gasteiger charge is 2.24. The van der Waals surface area contributed by atoms with Gasteiger partial charge < -0.3 is 10.2 Å². The van der Waals surface area contributed by atoms with Gasteiger partial charge in [-0.05, 0) is 13.3 Å². The van der Waals surface area contributed by atoms with Crippen molar-refractivity contribution >= 4 is 5.97 Å². The Kier molecular flexibility index (Phi) is 3.82. The van der Waals surface area contributed by atoms with Gasteiger partial charge in [0.25, 0.3) is 0 Å². The summed E-state index contributed by atoms with van der Waals surface area (Å²) in [4.78, 5) is 10.5. The normalized spacial score (nSPS) is 15.5.